The standard InChI is InChI=1S/C22H29ClN6O2/c1-13(30)26-14-4-6-15(7-5-14)27-21(31)28-20-8-16(18(23)11-24-20)17-10-25-29-12-22(2,3)9-19(17)29/h8,10-11,14-15H,4-7,9,12H2,1-3H3,(H,26,30)(H2,24,27,28,31). The maximum absolute atomic E-state index is 12.5. The van der Waals surface area contributed by atoms with E-state index in [0.29, 0.717) is 10.8 Å². The third kappa shape index (κ3) is 5.01. The number of nitrogens with zero attached hydrogens (tertiary/aromatic N) is 3. The first kappa shape index (κ1) is 21.6. The second-order valence-corrected chi connectivity index (χ2v) is 9.81. The van der Waals surface area contributed by atoms with Gasteiger partial charge in [-0.25, -0.2) is 9.78 Å². The lowest BCUT2D eigenvalue weighted by Gasteiger charge is -2.29. The lowest BCUT2D eigenvalue weighted by atomic mass is 9.89. The molecule has 3 amide bonds. The molecule has 0 aromatic carbocycles. The zero-order chi connectivity index (χ0) is 22.2. The Morgan fingerprint density at radius 2 is 1.77 bits per heavy atom. The molecule has 4 rings (SSSR count). The Morgan fingerprint density at radius 1 is 1.10 bits per heavy atom. The first-order valence-corrected chi connectivity index (χ1v) is 11.1. The molecule has 2 aliphatic rings. The van der Waals surface area contributed by atoms with Crippen LogP contribution in [0.1, 0.15) is 52.1 Å². The topological polar surface area (TPSA) is 101 Å². The molecule has 166 valence electrons. The molecule has 31 heavy (non-hydrogen) atoms. The molecule has 3 heterocycles. The minimum atomic E-state index is -0.287. The summed E-state index contributed by atoms with van der Waals surface area (Å²) < 4.78 is 2.03. The lowest BCUT2D eigenvalue weighted by Crippen LogP contribution is -2.44. The van der Waals surface area contributed by atoms with Crippen molar-refractivity contribution in [3.63, 3.8) is 0 Å². The number of aromatic nitrogens is 3. The first-order valence-electron chi connectivity index (χ1n) is 10.8. The van der Waals surface area contributed by atoms with Crippen molar-refractivity contribution in [3.8, 4) is 11.1 Å². The molecule has 9 heteroatoms. The van der Waals surface area contributed by atoms with Gasteiger partial charge in [0.15, 0.2) is 0 Å². The number of carbonyl (C=O) groups excluding carboxylic acids is 2. The summed E-state index contributed by atoms with van der Waals surface area (Å²) in [7, 11) is 0. The quantitative estimate of drug-likeness (QED) is 0.668. The van der Waals surface area contributed by atoms with Gasteiger partial charge in [0.05, 0.1) is 11.2 Å². The van der Waals surface area contributed by atoms with Gasteiger partial charge in [-0.2, -0.15) is 5.10 Å². The zero-order valence-corrected chi connectivity index (χ0v) is 18.9. The van der Waals surface area contributed by atoms with Crippen LogP contribution in [0.4, 0.5) is 10.6 Å². The summed E-state index contributed by atoms with van der Waals surface area (Å²) in [4.78, 5) is 28.0. The average molecular weight is 445 g/mol. The Balaban J connectivity index is 1.40. The summed E-state index contributed by atoms with van der Waals surface area (Å²) in [5, 5.41) is 13.8. The summed E-state index contributed by atoms with van der Waals surface area (Å²) >= 11 is 6.44. The number of hydrogen-bond donors (Lipinski definition) is 3. The molecule has 1 aliphatic carbocycles. The number of nitrogens with one attached hydrogen (secondary N) is 3. The molecular weight excluding hydrogens is 416 g/mol. The van der Waals surface area contributed by atoms with Crippen molar-refractivity contribution < 1.29 is 9.59 Å². The summed E-state index contributed by atoms with van der Waals surface area (Å²) in [5.74, 6) is 0.437. The molecule has 2 aromatic heterocycles. The Bertz CT molecular complexity index is 994. The van der Waals surface area contributed by atoms with E-state index in [-0.39, 0.29) is 29.4 Å². The van der Waals surface area contributed by atoms with E-state index in [0.717, 1.165) is 55.5 Å². The average Bonchev–Trinajstić information content (AvgIpc) is 3.19. The van der Waals surface area contributed by atoms with Gasteiger partial charge in [-0.1, -0.05) is 25.4 Å². The molecule has 0 saturated heterocycles. The highest BCUT2D eigenvalue weighted by Gasteiger charge is 2.32. The van der Waals surface area contributed by atoms with Crippen molar-refractivity contribution in [2.24, 2.45) is 5.41 Å². The van der Waals surface area contributed by atoms with E-state index >= 15 is 0 Å². The highest BCUT2D eigenvalue weighted by molar-refractivity contribution is 6.33. The van der Waals surface area contributed by atoms with Crippen LogP contribution in [-0.2, 0) is 17.8 Å². The van der Waals surface area contributed by atoms with Gasteiger partial charge in [0.2, 0.25) is 5.91 Å². The van der Waals surface area contributed by atoms with Crippen LogP contribution < -0.4 is 16.0 Å². The molecule has 2 aromatic rings. The number of anilines is 1. The Morgan fingerprint density at radius 3 is 2.45 bits per heavy atom. The predicted octanol–water partition coefficient (Wildman–Crippen LogP) is 3.75. The monoisotopic (exact) mass is 444 g/mol. The van der Waals surface area contributed by atoms with Crippen molar-refractivity contribution >= 4 is 29.4 Å². The molecule has 1 fully saturated rings. The summed E-state index contributed by atoms with van der Waals surface area (Å²) in [6.07, 6.45) is 7.70. The van der Waals surface area contributed by atoms with Crippen molar-refractivity contribution in [1.29, 1.82) is 0 Å². The lowest BCUT2D eigenvalue weighted by molar-refractivity contribution is -0.119. The number of hydrogen-bond acceptors (Lipinski definition) is 4. The Kier molecular flexibility index (Phi) is 5.92. The van der Waals surface area contributed by atoms with Gasteiger partial charge in [-0.05, 0) is 43.6 Å². The van der Waals surface area contributed by atoms with Crippen LogP contribution in [-0.4, -0.2) is 38.8 Å². The molecule has 0 unspecified atom stereocenters. The van der Waals surface area contributed by atoms with Gasteiger partial charge in [0, 0.05) is 48.6 Å². The first-order chi connectivity index (χ1) is 14.7. The van der Waals surface area contributed by atoms with Crippen LogP contribution in [0.2, 0.25) is 5.02 Å². The van der Waals surface area contributed by atoms with E-state index < -0.39 is 0 Å². The number of amides is 3. The molecule has 8 nitrogen and oxygen atoms in total. The number of rotatable bonds is 4. The normalized spacial score (nSPS) is 21.9. The van der Waals surface area contributed by atoms with Crippen LogP contribution in [0.3, 0.4) is 0 Å². The fourth-order valence-corrected chi connectivity index (χ4v) is 4.80. The molecule has 1 aliphatic heterocycles. The second-order valence-electron chi connectivity index (χ2n) is 9.40. The summed E-state index contributed by atoms with van der Waals surface area (Å²) in [5.41, 5.74) is 3.13. The Labute approximate surface area is 187 Å². The van der Waals surface area contributed by atoms with E-state index in [2.05, 4.69) is 39.9 Å². The Hall–Kier alpha value is -2.61. The summed E-state index contributed by atoms with van der Waals surface area (Å²) in [6, 6.07) is 1.79. The number of pyridine rings is 1. The minimum absolute atomic E-state index is 0.00796. The smallest absolute Gasteiger partial charge is 0.320 e. The molecule has 0 atom stereocenters. The van der Waals surface area contributed by atoms with Gasteiger partial charge in [0.1, 0.15) is 5.82 Å². The van der Waals surface area contributed by atoms with E-state index in [9.17, 15) is 9.59 Å². The number of carbonyl (C=O) groups is 2. The van der Waals surface area contributed by atoms with E-state index in [1.807, 2.05) is 10.9 Å². The van der Waals surface area contributed by atoms with Crippen LogP contribution in [0, 0.1) is 5.41 Å². The second kappa shape index (κ2) is 8.49. The van der Waals surface area contributed by atoms with Crippen molar-refractivity contribution in [2.45, 2.75) is 71.5 Å². The molecule has 3 N–H and O–H groups in total. The van der Waals surface area contributed by atoms with Gasteiger partial charge in [-0.15, -0.1) is 0 Å². The van der Waals surface area contributed by atoms with Gasteiger partial charge < -0.3 is 10.6 Å². The SMILES string of the molecule is CC(=O)NC1CCC(NC(=O)Nc2cc(-c3cnn4c3CC(C)(C)C4)c(Cl)cn2)CC1. The number of halogens is 1. The predicted molar refractivity (Wildman–Crippen MR) is 120 cm³/mol. The van der Waals surface area contributed by atoms with Crippen molar-refractivity contribution in [2.75, 3.05) is 5.32 Å². The number of fused-ring (bicyclic) bond motifs is 1. The van der Waals surface area contributed by atoms with E-state index in [1.165, 1.54) is 6.92 Å². The molecule has 0 bridgehead atoms. The van der Waals surface area contributed by atoms with Crippen LogP contribution in [0.5, 0.6) is 0 Å². The number of urea groups is 1. The van der Waals surface area contributed by atoms with Gasteiger partial charge in [0.25, 0.3) is 0 Å². The maximum Gasteiger partial charge on any atom is 0.320 e. The minimum Gasteiger partial charge on any atom is -0.354 e. The van der Waals surface area contributed by atoms with Gasteiger partial charge in [-0.3, -0.25) is 14.8 Å². The van der Waals surface area contributed by atoms with Gasteiger partial charge >= 0.3 is 6.03 Å². The third-order valence-electron chi connectivity index (χ3n) is 6.03. The molecular formula is C22H29ClN6O2. The highest BCUT2D eigenvalue weighted by Crippen LogP contribution is 2.39. The summed E-state index contributed by atoms with van der Waals surface area (Å²) in [6.45, 7) is 6.86. The molecule has 0 radical (unpaired) electrons. The third-order valence-corrected chi connectivity index (χ3v) is 6.33. The van der Waals surface area contributed by atoms with Crippen LogP contribution in [0.25, 0.3) is 11.1 Å². The fourth-order valence-electron chi connectivity index (χ4n) is 4.59. The maximum atomic E-state index is 12.5. The van der Waals surface area contributed by atoms with Crippen molar-refractivity contribution in [1.82, 2.24) is 25.4 Å². The van der Waals surface area contributed by atoms with Crippen LogP contribution in [0.15, 0.2) is 18.5 Å². The largest absolute Gasteiger partial charge is 0.354 e. The fraction of sp³-hybridized carbons (Fsp3) is 0.545. The molecule has 0 spiro atoms. The van der Waals surface area contributed by atoms with E-state index in [1.54, 1.807) is 12.3 Å². The zero-order valence-electron chi connectivity index (χ0n) is 18.2. The van der Waals surface area contributed by atoms with Crippen LogP contribution >= 0.6 is 11.6 Å². The van der Waals surface area contributed by atoms with Crippen molar-refractivity contribution in [3.05, 3.63) is 29.2 Å². The highest BCUT2D eigenvalue weighted by atomic mass is 35.5. The van der Waals surface area contributed by atoms with E-state index in [4.69, 9.17) is 11.6 Å². The molecule has 1 saturated carbocycles.